The predicted octanol–water partition coefficient (Wildman–Crippen LogP) is 2.34. The van der Waals surface area contributed by atoms with Crippen LogP contribution in [-0.2, 0) is 6.54 Å². The lowest BCUT2D eigenvalue weighted by molar-refractivity contribution is 0.480. The largest absolute Gasteiger partial charge is 0.506 e. The molecule has 0 bridgehead atoms. The highest BCUT2D eigenvalue weighted by molar-refractivity contribution is 5.87. The second kappa shape index (κ2) is 7.44. The standard InChI is InChI=1S/C21H17N7O2/c22-9-13-19(23)27-21(24)28-20(13)25-10-14-16(11-5-2-1-3-6-11)26-17-12(18(14)30)7-4-8-15(17)29/h1-8,29H,10H2,(H,26,30)(H5,23,24,25,27,28). The van der Waals surface area contributed by atoms with E-state index in [0.717, 1.165) is 5.56 Å². The highest BCUT2D eigenvalue weighted by Gasteiger charge is 2.17. The summed E-state index contributed by atoms with van der Waals surface area (Å²) in [5.41, 5.74) is 13.2. The zero-order valence-electron chi connectivity index (χ0n) is 15.7. The fourth-order valence-corrected chi connectivity index (χ4v) is 3.26. The van der Waals surface area contributed by atoms with Gasteiger partial charge < -0.3 is 26.9 Å². The quantitative estimate of drug-likeness (QED) is 0.348. The van der Waals surface area contributed by atoms with Crippen molar-refractivity contribution in [2.45, 2.75) is 6.54 Å². The number of aromatic hydroxyl groups is 1. The van der Waals surface area contributed by atoms with E-state index >= 15 is 0 Å². The number of nitrogen functional groups attached to an aromatic ring is 2. The Morgan fingerprint density at radius 1 is 1.10 bits per heavy atom. The Balaban J connectivity index is 1.88. The third kappa shape index (κ3) is 3.22. The second-order valence-corrected chi connectivity index (χ2v) is 6.53. The summed E-state index contributed by atoms with van der Waals surface area (Å²) in [7, 11) is 0. The van der Waals surface area contributed by atoms with E-state index in [0.29, 0.717) is 22.2 Å². The van der Waals surface area contributed by atoms with Gasteiger partial charge in [-0.05, 0) is 17.7 Å². The molecule has 2 aromatic carbocycles. The molecule has 0 fully saturated rings. The number of aromatic nitrogens is 3. The Hall–Kier alpha value is -4.58. The van der Waals surface area contributed by atoms with Gasteiger partial charge in [0.15, 0.2) is 11.2 Å². The van der Waals surface area contributed by atoms with Gasteiger partial charge in [0, 0.05) is 17.5 Å². The number of pyridine rings is 1. The van der Waals surface area contributed by atoms with E-state index in [1.54, 1.807) is 12.1 Å². The molecular formula is C21H17N7O2. The summed E-state index contributed by atoms with van der Waals surface area (Å²) in [6.07, 6.45) is 0. The highest BCUT2D eigenvalue weighted by Crippen LogP contribution is 2.27. The third-order valence-corrected chi connectivity index (χ3v) is 4.67. The summed E-state index contributed by atoms with van der Waals surface area (Å²) >= 11 is 0. The van der Waals surface area contributed by atoms with Gasteiger partial charge >= 0.3 is 0 Å². The summed E-state index contributed by atoms with van der Waals surface area (Å²) in [5.74, 6) is -0.0240. The number of nitrogens with two attached hydrogens (primary N) is 2. The van der Waals surface area contributed by atoms with Gasteiger partial charge in [0.25, 0.3) is 0 Å². The number of hydrogen-bond donors (Lipinski definition) is 5. The third-order valence-electron chi connectivity index (χ3n) is 4.67. The van der Waals surface area contributed by atoms with Crippen LogP contribution < -0.4 is 22.2 Å². The van der Waals surface area contributed by atoms with Crippen molar-refractivity contribution in [1.29, 1.82) is 5.26 Å². The monoisotopic (exact) mass is 399 g/mol. The first-order valence-electron chi connectivity index (χ1n) is 8.98. The van der Waals surface area contributed by atoms with Gasteiger partial charge in [0.1, 0.15) is 23.2 Å². The lowest BCUT2D eigenvalue weighted by atomic mass is 10.0. The number of para-hydroxylation sites is 1. The van der Waals surface area contributed by atoms with E-state index in [1.807, 2.05) is 36.4 Å². The molecule has 0 unspecified atom stereocenters. The van der Waals surface area contributed by atoms with E-state index < -0.39 is 0 Å². The Kier molecular flexibility index (Phi) is 4.66. The first-order valence-corrected chi connectivity index (χ1v) is 8.98. The van der Waals surface area contributed by atoms with Gasteiger partial charge in [-0.25, -0.2) is 0 Å². The number of aromatic amines is 1. The molecule has 0 aliphatic heterocycles. The van der Waals surface area contributed by atoms with Crippen molar-refractivity contribution >= 4 is 28.5 Å². The molecule has 4 rings (SSSR count). The van der Waals surface area contributed by atoms with Crippen LogP contribution in [0.25, 0.3) is 22.2 Å². The molecule has 0 saturated heterocycles. The van der Waals surface area contributed by atoms with E-state index in [9.17, 15) is 15.2 Å². The van der Waals surface area contributed by atoms with Crippen molar-refractivity contribution in [1.82, 2.24) is 15.0 Å². The maximum atomic E-state index is 13.3. The van der Waals surface area contributed by atoms with Crippen molar-refractivity contribution in [3.05, 3.63) is 69.9 Å². The molecule has 2 aromatic heterocycles. The lowest BCUT2D eigenvalue weighted by Crippen LogP contribution is -2.18. The molecule has 7 N–H and O–H groups in total. The van der Waals surface area contributed by atoms with E-state index in [4.69, 9.17) is 11.5 Å². The van der Waals surface area contributed by atoms with Gasteiger partial charge in [-0.15, -0.1) is 0 Å². The number of rotatable bonds is 4. The van der Waals surface area contributed by atoms with E-state index in [-0.39, 0.29) is 40.9 Å². The molecule has 4 aromatic rings. The number of nitriles is 1. The van der Waals surface area contributed by atoms with Crippen LogP contribution in [0, 0.1) is 11.3 Å². The molecule has 0 atom stereocenters. The zero-order valence-corrected chi connectivity index (χ0v) is 15.7. The number of fused-ring (bicyclic) bond motifs is 1. The maximum absolute atomic E-state index is 13.3. The molecule has 9 nitrogen and oxygen atoms in total. The Labute approximate surface area is 170 Å². The van der Waals surface area contributed by atoms with E-state index in [1.165, 1.54) is 6.07 Å². The van der Waals surface area contributed by atoms with Crippen LogP contribution in [0.1, 0.15) is 11.1 Å². The smallest absolute Gasteiger partial charge is 0.224 e. The molecule has 0 amide bonds. The van der Waals surface area contributed by atoms with Crippen LogP contribution >= 0.6 is 0 Å². The molecule has 2 heterocycles. The summed E-state index contributed by atoms with van der Waals surface area (Å²) < 4.78 is 0. The number of hydrogen-bond acceptors (Lipinski definition) is 8. The average molecular weight is 399 g/mol. The number of phenolic OH excluding ortho intramolecular Hbond substituents is 1. The zero-order chi connectivity index (χ0) is 21.3. The molecule has 30 heavy (non-hydrogen) atoms. The van der Waals surface area contributed by atoms with E-state index in [2.05, 4.69) is 20.3 Å². The van der Waals surface area contributed by atoms with Crippen LogP contribution in [0.2, 0.25) is 0 Å². The van der Waals surface area contributed by atoms with Crippen LogP contribution in [-0.4, -0.2) is 20.1 Å². The van der Waals surface area contributed by atoms with Crippen LogP contribution in [0.5, 0.6) is 5.75 Å². The average Bonchev–Trinajstić information content (AvgIpc) is 2.74. The number of phenols is 1. The SMILES string of the molecule is N#Cc1c(N)nc(N)nc1NCc1c(-c2ccccc2)[nH]c2c(O)cccc2c1=O. The summed E-state index contributed by atoms with van der Waals surface area (Å²) in [5, 5.41) is 22.9. The molecule has 0 aliphatic rings. The van der Waals surface area contributed by atoms with Gasteiger partial charge in [-0.2, -0.15) is 15.2 Å². The van der Waals surface area contributed by atoms with Gasteiger partial charge in [-0.1, -0.05) is 36.4 Å². The van der Waals surface area contributed by atoms with Crippen molar-refractivity contribution in [3.8, 4) is 23.1 Å². The number of nitrogens with zero attached hydrogens (tertiary/aromatic N) is 3. The fourth-order valence-electron chi connectivity index (χ4n) is 3.26. The van der Waals surface area contributed by atoms with Gasteiger partial charge in [0.2, 0.25) is 5.95 Å². The molecular weight excluding hydrogens is 382 g/mol. The Morgan fingerprint density at radius 3 is 2.60 bits per heavy atom. The van der Waals surface area contributed by atoms with Crippen LogP contribution in [0.15, 0.2) is 53.3 Å². The van der Waals surface area contributed by atoms with Gasteiger partial charge in [-0.3, -0.25) is 4.79 Å². The number of H-pyrrole nitrogens is 1. The summed E-state index contributed by atoms with van der Waals surface area (Å²) in [6.45, 7) is 0.0374. The Bertz CT molecular complexity index is 1360. The number of anilines is 3. The lowest BCUT2D eigenvalue weighted by Gasteiger charge is -2.14. The minimum absolute atomic E-state index is 0.0237. The molecule has 0 radical (unpaired) electrons. The summed E-state index contributed by atoms with van der Waals surface area (Å²) in [4.78, 5) is 24.2. The molecule has 0 saturated carbocycles. The minimum atomic E-state index is -0.264. The van der Waals surface area contributed by atoms with Crippen molar-refractivity contribution < 1.29 is 5.11 Å². The number of nitrogens with one attached hydrogen (secondary N) is 2. The van der Waals surface area contributed by atoms with Crippen LogP contribution in [0.4, 0.5) is 17.6 Å². The molecule has 0 aliphatic carbocycles. The van der Waals surface area contributed by atoms with Crippen LogP contribution in [0.3, 0.4) is 0 Å². The van der Waals surface area contributed by atoms with Crippen molar-refractivity contribution in [2.75, 3.05) is 16.8 Å². The minimum Gasteiger partial charge on any atom is -0.506 e. The highest BCUT2D eigenvalue weighted by atomic mass is 16.3. The first-order chi connectivity index (χ1) is 14.5. The molecule has 9 heteroatoms. The summed E-state index contributed by atoms with van der Waals surface area (Å²) in [6, 6.07) is 15.9. The predicted molar refractivity (Wildman–Crippen MR) is 115 cm³/mol. The van der Waals surface area contributed by atoms with Crippen molar-refractivity contribution in [2.24, 2.45) is 0 Å². The normalized spacial score (nSPS) is 10.6. The molecule has 0 spiro atoms. The first kappa shape index (κ1) is 18.8. The molecule has 148 valence electrons. The van der Waals surface area contributed by atoms with Gasteiger partial charge in [0.05, 0.1) is 11.2 Å². The number of benzene rings is 2. The second-order valence-electron chi connectivity index (χ2n) is 6.53. The van der Waals surface area contributed by atoms with Crippen molar-refractivity contribution in [3.63, 3.8) is 0 Å². The topological polar surface area (TPSA) is 167 Å². The maximum Gasteiger partial charge on any atom is 0.224 e. The fraction of sp³-hybridized carbons (Fsp3) is 0.0476. The Morgan fingerprint density at radius 2 is 1.87 bits per heavy atom.